The Morgan fingerprint density at radius 1 is 1.04 bits per heavy atom. The predicted molar refractivity (Wildman–Crippen MR) is 94.7 cm³/mol. The van der Waals surface area contributed by atoms with Crippen LogP contribution in [0.5, 0.6) is 0 Å². The lowest BCUT2D eigenvalue weighted by atomic mass is 9.85. The summed E-state index contributed by atoms with van der Waals surface area (Å²) in [6.45, 7) is 0. The maximum absolute atomic E-state index is 12.3. The lowest BCUT2D eigenvalue weighted by Gasteiger charge is -2.19. The maximum Gasteiger partial charge on any atom is 0.323 e. The molecule has 1 saturated heterocycles. The van der Waals surface area contributed by atoms with E-state index in [0.29, 0.717) is 11.1 Å². The molecule has 1 aliphatic heterocycles. The average molecular weight is 371 g/mol. The van der Waals surface area contributed by atoms with E-state index in [1.165, 1.54) is 25.3 Å². The molecule has 0 spiro atoms. The Morgan fingerprint density at radius 2 is 1.70 bits per heavy atom. The Morgan fingerprint density at radius 3 is 2.30 bits per heavy atom. The molecule has 1 heterocycles. The molecule has 3 rings (SSSR count). The molecule has 0 unspecified atom stereocenters. The topological polar surface area (TPSA) is 125 Å². The summed E-state index contributed by atoms with van der Waals surface area (Å²) in [5, 5.41) is 26.0. The SMILES string of the molecule is COC(=O)[C@H]1N[C@H](c2ccccc2)[C@@H]([N+](=O)[O-])[C@@H]1c1cccc([N+](=O)[O-])c1. The molecule has 1 fully saturated rings. The minimum atomic E-state index is -1.20. The van der Waals surface area contributed by atoms with Gasteiger partial charge < -0.3 is 4.74 Å². The summed E-state index contributed by atoms with van der Waals surface area (Å²) in [7, 11) is 1.20. The van der Waals surface area contributed by atoms with E-state index in [1.807, 2.05) is 0 Å². The molecule has 1 N–H and O–H groups in total. The quantitative estimate of drug-likeness (QED) is 0.485. The molecule has 9 heteroatoms. The van der Waals surface area contributed by atoms with E-state index in [9.17, 15) is 25.0 Å². The second-order valence-corrected chi connectivity index (χ2v) is 6.21. The van der Waals surface area contributed by atoms with Crippen molar-refractivity contribution in [3.63, 3.8) is 0 Å². The highest BCUT2D eigenvalue weighted by molar-refractivity contribution is 5.78. The van der Waals surface area contributed by atoms with E-state index < -0.39 is 39.9 Å². The zero-order chi connectivity index (χ0) is 19.6. The molecule has 0 aliphatic carbocycles. The van der Waals surface area contributed by atoms with Gasteiger partial charge in [-0.25, -0.2) is 0 Å². The third-order valence-corrected chi connectivity index (χ3v) is 4.75. The highest BCUT2D eigenvalue weighted by atomic mass is 16.6. The second-order valence-electron chi connectivity index (χ2n) is 6.21. The van der Waals surface area contributed by atoms with E-state index in [-0.39, 0.29) is 5.69 Å². The molecular weight excluding hydrogens is 354 g/mol. The van der Waals surface area contributed by atoms with Crippen LogP contribution in [0.3, 0.4) is 0 Å². The van der Waals surface area contributed by atoms with Gasteiger partial charge in [-0.3, -0.25) is 30.3 Å². The smallest absolute Gasteiger partial charge is 0.323 e. The fraction of sp³-hybridized carbons (Fsp3) is 0.278. The Bertz CT molecular complexity index is 872. The molecule has 140 valence electrons. The minimum Gasteiger partial charge on any atom is -0.468 e. The molecule has 1 aliphatic rings. The van der Waals surface area contributed by atoms with Gasteiger partial charge in [0.25, 0.3) is 5.69 Å². The van der Waals surface area contributed by atoms with Gasteiger partial charge in [0.05, 0.1) is 18.0 Å². The van der Waals surface area contributed by atoms with Gasteiger partial charge in [-0.05, 0) is 11.1 Å². The largest absolute Gasteiger partial charge is 0.468 e. The first-order valence-corrected chi connectivity index (χ1v) is 8.20. The molecule has 0 aromatic heterocycles. The zero-order valence-corrected chi connectivity index (χ0v) is 14.3. The lowest BCUT2D eigenvalue weighted by molar-refractivity contribution is -0.527. The van der Waals surface area contributed by atoms with Crippen molar-refractivity contribution in [2.45, 2.75) is 24.0 Å². The molecule has 4 atom stereocenters. The fourth-order valence-electron chi connectivity index (χ4n) is 3.58. The number of hydrogen-bond donors (Lipinski definition) is 1. The van der Waals surface area contributed by atoms with Crippen molar-refractivity contribution in [1.82, 2.24) is 5.32 Å². The van der Waals surface area contributed by atoms with Crippen molar-refractivity contribution in [3.8, 4) is 0 Å². The van der Waals surface area contributed by atoms with Gasteiger partial charge in [-0.2, -0.15) is 0 Å². The van der Waals surface area contributed by atoms with E-state index >= 15 is 0 Å². The number of carbonyl (C=O) groups excluding carboxylic acids is 1. The molecule has 2 aromatic rings. The predicted octanol–water partition coefficient (Wildman–Crippen LogP) is 2.21. The number of rotatable bonds is 5. The number of ether oxygens (including phenoxy) is 1. The number of nitrogens with zero attached hydrogens (tertiary/aromatic N) is 2. The average Bonchev–Trinajstić information content (AvgIpc) is 3.09. The summed E-state index contributed by atoms with van der Waals surface area (Å²) in [5.41, 5.74) is 0.801. The van der Waals surface area contributed by atoms with Gasteiger partial charge in [-0.1, -0.05) is 42.5 Å². The standard InChI is InChI=1S/C18H17N3O6/c1-27-18(22)16-14(12-8-5-9-13(10-12)20(23)24)17(21(25)26)15(19-16)11-6-3-2-4-7-11/h2-10,14-17,19H,1H3/t14-,15-,16+,17+/m1/s1. The van der Waals surface area contributed by atoms with Gasteiger partial charge in [0.15, 0.2) is 0 Å². The number of carbonyl (C=O) groups is 1. The normalized spacial score (nSPS) is 24.3. The molecule has 27 heavy (non-hydrogen) atoms. The van der Waals surface area contributed by atoms with E-state index in [2.05, 4.69) is 5.32 Å². The van der Waals surface area contributed by atoms with Gasteiger partial charge in [-0.15, -0.1) is 0 Å². The summed E-state index contributed by atoms with van der Waals surface area (Å²) in [6.07, 6.45) is 0. The summed E-state index contributed by atoms with van der Waals surface area (Å²) in [5.74, 6) is -1.57. The highest BCUT2D eigenvalue weighted by Crippen LogP contribution is 2.41. The molecule has 0 radical (unpaired) electrons. The fourth-order valence-corrected chi connectivity index (χ4v) is 3.58. The van der Waals surface area contributed by atoms with Gasteiger partial charge >= 0.3 is 5.97 Å². The summed E-state index contributed by atoms with van der Waals surface area (Å²) >= 11 is 0. The summed E-state index contributed by atoms with van der Waals surface area (Å²) in [4.78, 5) is 34.3. The first kappa shape index (κ1) is 18.5. The van der Waals surface area contributed by atoms with E-state index in [4.69, 9.17) is 4.74 Å². The highest BCUT2D eigenvalue weighted by Gasteiger charge is 2.55. The van der Waals surface area contributed by atoms with Crippen LogP contribution in [0.25, 0.3) is 0 Å². The molecule has 0 saturated carbocycles. The maximum atomic E-state index is 12.3. The van der Waals surface area contributed by atoms with Crippen LogP contribution in [0.15, 0.2) is 54.6 Å². The van der Waals surface area contributed by atoms with Crippen LogP contribution in [0.1, 0.15) is 23.1 Å². The van der Waals surface area contributed by atoms with Crippen LogP contribution < -0.4 is 5.32 Å². The van der Waals surface area contributed by atoms with Crippen LogP contribution in [0.2, 0.25) is 0 Å². The minimum absolute atomic E-state index is 0.193. The van der Waals surface area contributed by atoms with Gasteiger partial charge in [0, 0.05) is 17.1 Å². The van der Waals surface area contributed by atoms with Crippen molar-refractivity contribution in [2.75, 3.05) is 7.11 Å². The Balaban J connectivity index is 2.11. The van der Waals surface area contributed by atoms with Crippen LogP contribution in [0, 0.1) is 20.2 Å². The number of hydrogen-bond acceptors (Lipinski definition) is 7. The first-order valence-electron chi connectivity index (χ1n) is 8.20. The van der Waals surface area contributed by atoms with E-state index in [0.717, 1.165) is 0 Å². The van der Waals surface area contributed by atoms with Crippen LogP contribution >= 0.6 is 0 Å². The third-order valence-electron chi connectivity index (χ3n) is 4.75. The summed E-state index contributed by atoms with van der Waals surface area (Å²) in [6, 6.07) is 11.4. The Kier molecular flexibility index (Phi) is 5.13. The number of methoxy groups -OCH3 is 1. The first-order chi connectivity index (χ1) is 12.9. The monoisotopic (exact) mass is 371 g/mol. The van der Waals surface area contributed by atoms with Crippen LogP contribution in [-0.2, 0) is 9.53 Å². The van der Waals surface area contributed by atoms with Crippen molar-refractivity contribution in [1.29, 1.82) is 0 Å². The number of benzene rings is 2. The number of non-ortho nitro benzene ring substituents is 1. The molecule has 0 bridgehead atoms. The van der Waals surface area contributed by atoms with Crippen molar-refractivity contribution in [2.24, 2.45) is 0 Å². The zero-order valence-electron chi connectivity index (χ0n) is 14.3. The van der Waals surface area contributed by atoms with Crippen molar-refractivity contribution >= 4 is 11.7 Å². The van der Waals surface area contributed by atoms with Gasteiger partial charge in [0.1, 0.15) is 12.1 Å². The lowest BCUT2D eigenvalue weighted by Crippen LogP contribution is -2.37. The van der Waals surface area contributed by atoms with Crippen LogP contribution in [0.4, 0.5) is 5.69 Å². The molecule has 0 amide bonds. The molecule has 9 nitrogen and oxygen atoms in total. The third kappa shape index (κ3) is 3.49. The van der Waals surface area contributed by atoms with Gasteiger partial charge in [0.2, 0.25) is 6.04 Å². The van der Waals surface area contributed by atoms with Crippen molar-refractivity contribution in [3.05, 3.63) is 86.0 Å². The second kappa shape index (κ2) is 7.50. The van der Waals surface area contributed by atoms with Crippen molar-refractivity contribution < 1.29 is 19.4 Å². The molecule has 2 aromatic carbocycles. The number of nitro groups is 2. The Labute approximate surface area is 154 Å². The number of esters is 1. The van der Waals surface area contributed by atoms with E-state index in [1.54, 1.807) is 36.4 Å². The molecular formula is C18H17N3O6. The van der Waals surface area contributed by atoms with Crippen LogP contribution in [-0.4, -0.2) is 35.0 Å². The number of nitrogens with one attached hydrogen (secondary N) is 1. The number of nitro benzene ring substituents is 1. The summed E-state index contributed by atoms with van der Waals surface area (Å²) < 4.78 is 4.82. The Hall–Kier alpha value is -3.33.